The maximum absolute atomic E-state index is 9.25. The molecular weight excluding hydrogens is 869 g/mol. The Morgan fingerprint density at radius 2 is 0.859 bits per heavy atom. The van der Waals surface area contributed by atoms with Crippen molar-refractivity contribution in [2.45, 2.75) is 47.0 Å². The molecule has 0 N–H and O–H groups in total. The molecule has 342 valence electrons. The molecule has 1 aliphatic rings. The van der Waals surface area contributed by atoms with Gasteiger partial charge in [-0.25, -0.2) is 9.97 Å². The van der Waals surface area contributed by atoms with Crippen LogP contribution in [0.15, 0.2) is 203 Å². The smallest absolute Gasteiger partial charge is 0.145 e. The fraction of sp³-hybridized carbons (Fsp3) is 0.108. The minimum Gasteiger partial charge on any atom is -0.455 e. The standard InChI is InChI=1S/C65H50N4O2/c1-39-25-29-45(30-26-39)68(63-49(33-41(3)37-66-63)43-17-9-7-10-18-43)53-35-51-59(61-57(53)47-21-13-15-23-55(47)70-61)60-52(65(51,5)6)36-54(58-48-22-14-16-24-56(48)71-62(58)60)69(46-31-27-40(2)28-32-46)64-50(34-42(4)38-67-64)44-19-11-8-12-20-44/h7-38H,1-6H3/i7D,8D,9D,10D,11D,12D,17D,18D,19D,20D. The zero-order valence-corrected chi connectivity index (χ0v) is 39.8. The van der Waals surface area contributed by atoms with E-state index in [2.05, 4.69) is 26.0 Å². The summed E-state index contributed by atoms with van der Waals surface area (Å²) in [6.07, 6.45) is 3.44. The highest BCUT2D eigenvalue weighted by atomic mass is 16.3. The van der Waals surface area contributed by atoms with E-state index in [4.69, 9.17) is 27.0 Å². The van der Waals surface area contributed by atoms with Gasteiger partial charge in [-0.05, 0) is 122 Å². The van der Waals surface area contributed by atoms with Crippen LogP contribution in [0.3, 0.4) is 0 Å². The average molecular weight is 929 g/mol. The second-order valence-corrected chi connectivity index (χ2v) is 19.0. The van der Waals surface area contributed by atoms with Gasteiger partial charge in [-0.1, -0.05) is 146 Å². The van der Waals surface area contributed by atoms with Crippen LogP contribution in [0.2, 0.25) is 0 Å². The summed E-state index contributed by atoms with van der Waals surface area (Å²) in [5.74, 6) is 0.665. The molecule has 0 spiro atoms. The summed E-state index contributed by atoms with van der Waals surface area (Å²) in [7, 11) is 0. The van der Waals surface area contributed by atoms with Gasteiger partial charge in [-0.2, -0.15) is 0 Å². The quantitative estimate of drug-likeness (QED) is 0.151. The average Bonchev–Trinajstić information content (AvgIpc) is 4.29. The highest BCUT2D eigenvalue weighted by molar-refractivity contribution is 6.24. The molecule has 6 heteroatoms. The lowest BCUT2D eigenvalue weighted by Gasteiger charge is -2.30. The fourth-order valence-corrected chi connectivity index (χ4v) is 10.5. The third kappa shape index (κ3) is 6.69. The number of rotatable bonds is 8. The van der Waals surface area contributed by atoms with Crippen molar-refractivity contribution in [1.29, 1.82) is 0 Å². The van der Waals surface area contributed by atoms with E-state index in [1.807, 2.05) is 147 Å². The summed E-state index contributed by atoms with van der Waals surface area (Å²) in [5.41, 5.74) is 11.8. The van der Waals surface area contributed by atoms with Crippen LogP contribution in [0.1, 0.15) is 60.9 Å². The number of nitrogens with zero attached hydrogens (tertiary/aromatic N) is 4. The second-order valence-electron chi connectivity index (χ2n) is 19.0. The molecule has 0 radical (unpaired) electrons. The molecule has 0 bridgehead atoms. The Morgan fingerprint density at radius 3 is 1.27 bits per heavy atom. The van der Waals surface area contributed by atoms with Gasteiger partial charge in [0.1, 0.15) is 34.0 Å². The summed E-state index contributed by atoms with van der Waals surface area (Å²) in [6.45, 7) is 12.1. The number of anilines is 6. The number of benzene rings is 8. The summed E-state index contributed by atoms with van der Waals surface area (Å²) in [6, 6.07) is 35.4. The van der Waals surface area contributed by atoms with Crippen LogP contribution in [0.4, 0.5) is 34.4 Å². The molecule has 0 amide bonds. The van der Waals surface area contributed by atoms with Crippen LogP contribution < -0.4 is 9.80 Å². The first-order chi connectivity index (χ1) is 38.8. The summed E-state index contributed by atoms with van der Waals surface area (Å²) in [4.78, 5) is 14.3. The zero-order valence-electron chi connectivity index (χ0n) is 49.8. The molecule has 1 aliphatic carbocycles. The van der Waals surface area contributed by atoms with Crippen molar-refractivity contribution in [2.75, 3.05) is 9.80 Å². The molecule has 0 atom stereocenters. The van der Waals surface area contributed by atoms with Crippen molar-refractivity contribution in [1.82, 2.24) is 9.97 Å². The maximum atomic E-state index is 9.25. The van der Waals surface area contributed by atoms with Crippen molar-refractivity contribution in [3.05, 3.63) is 228 Å². The molecule has 8 aromatic carbocycles. The Labute approximate surface area is 427 Å². The molecule has 4 heterocycles. The number of hydrogen-bond acceptors (Lipinski definition) is 6. The van der Waals surface area contributed by atoms with E-state index in [0.29, 0.717) is 67.8 Å². The number of para-hydroxylation sites is 2. The van der Waals surface area contributed by atoms with Gasteiger partial charge in [0.05, 0.1) is 35.9 Å². The zero-order chi connectivity index (χ0) is 56.8. The number of aromatic nitrogens is 2. The summed E-state index contributed by atoms with van der Waals surface area (Å²) >= 11 is 0. The van der Waals surface area contributed by atoms with Gasteiger partial charge in [0.2, 0.25) is 0 Å². The van der Waals surface area contributed by atoms with Crippen molar-refractivity contribution in [2.24, 2.45) is 0 Å². The Balaban J connectivity index is 1.15. The monoisotopic (exact) mass is 928 g/mol. The van der Waals surface area contributed by atoms with Crippen LogP contribution >= 0.6 is 0 Å². The molecule has 4 aromatic heterocycles. The van der Waals surface area contributed by atoms with Gasteiger partial charge in [-0.15, -0.1) is 0 Å². The predicted octanol–water partition coefficient (Wildman–Crippen LogP) is 18.1. The number of hydrogen-bond donors (Lipinski definition) is 0. The Bertz CT molecular complexity index is 4330. The van der Waals surface area contributed by atoms with Gasteiger partial charge in [-0.3, -0.25) is 9.80 Å². The molecule has 0 saturated heterocycles. The number of fused-ring (bicyclic) bond motifs is 11. The van der Waals surface area contributed by atoms with Crippen molar-refractivity contribution in [3.63, 3.8) is 0 Å². The van der Waals surface area contributed by atoms with Gasteiger partial charge >= 0.3 is 0 Å². The topological polar surface area (TPSA) is 58.5 Å². The van der Waals surface area contributed by atoms with Crippen LogP contribution in [-0.2, 0) is 5.41 Å². The highest BCUT2D eigenvalue weighted by Crippen LogP contribution is 2.61. The SMILES string of the molecule is [2H]c1c([2H])c([2H])c(-c2cc(C)cnc2N(c2ccc(C)cc2)c2cc3c(c4oc5ccccc5c24)-c2c(cc(N(c4ccc(C)cc4)c4ncc(C)cc4-c4c([2H])c([2H])c([2H])c([2H])c4[2H])c4c2oc2ccccc24)C3(C)C)c([2H])c1[2H]. The van der Waals surface area contributed by atoms with Gasteiger partial charge in [0.25, 0.3) is 0 Å². The third-order valence-electron chi connectivity index (χ3n) is 13.9. The van der Waals surface area contributed by atoms with E-state index < -0.39 is 41.7 Å². The molecule has 12 aromatic rings. The molecule has 0 fully saturated rings. The van der Waals surface area contributed by atoms with Crippen LogP contribution in [0.5, 0.6) is 0 Å². The van der Waals surface area contributed by atoms with Crippen molar-refractivity contribution in [3.8, 4) is 33.4 Å². The van der Waals surface area contributed by atoms with E-state index in [9.17, 15) is 5.48 Å². The molecule has 0 unspecified atom stereocenters. The van der Waals surface area contributed by atoms with E-state index in [1.165, 1.54) is 0 Å². The lowest BCUT2D eigenvalue weighted by molar-refractivity contribution is 0.650. The van der Waals surface area contributed by atoms with E-state index in [-0.39, 0.29) is 35.3 Å². The molecule has 71 heavy (non-hydrogen) atoms. The molecular formula is C65H50N4O2. The normalized spacial score (nSPS) is 14.7. The van der Waals surface area contributed by atoms with E-state index in [0.717, 1.165) is 66.1 Å². The van der Waals surface area contributed by atoms with Crippen LogP contribution in [-0.4, -0.2) is 9.97 Å². The van der Waals surface area contributed by atoms with Crippen molar-refractivity contribution >= 4 is 78.3 Å². The summed E-state index contributed by atoms with van der Waals surface area (Å²) in [5, 5.41) is 3.09. The van der Waals surface area contributed by atoms with E-state index in [1.54, 1.807) is 12.4 Å². The first-order valence-electron chi connectivity index (χ1n) is 28.6. The second kappa shape index (κ2) is 16.2. The number of aryl methyl sites for hydroxylation is 4. The number of pyridine rings is 2. The fourth-order valence-electron chi connectivity index (χ4n) is 10.5. The van der Waals surface area contributed by atoms with Crippen molar-refractivity contribution < 1.29 is 22.5 Å². The first kappa shape index (κ1) is 32.9. The lowest BCUT2D eigenvalue weighted by Crippen LogP contribution is -2.19. The van der Waals surface area contributed by atoms with Crippen LogP contribution in [0.25, 0.3) is 77.3 Å². The maximum Gasteiger partial charge on any atom is 0.145 e. The molecule has 6 nitrogen and oxygen atoms in total. The van der Waals surface area contributed by atoms with Crippen LogP contribution in [0, 0.1) is 27.7 Å². The highest BCUT2D eigenvalue weighted by Gasteiger charge is 2.43. The lowest BCUT2D eigenvalue weighted by atomic mass is 9.81. The number of furan rings is 2. The molecule has 13 rings (SSSR count). The predicted molar refractivity (Wildman–Crippen MR) is 293 cm³/mol. The minimum atomic E-state index is -0.848. The largest absolute Gasteiger partial charge is 0.455 e. The van der Waals surface area contributed by atoms with Gasteiger partial charge in [0.15, 0.2) is 0 Å². The minimum absolute atomic E-state index is 0.0160. The summed E-state index contributed by atoms with van der Waals surface area (Å²) < 4.78 is 104. The Kier molecular flexibility index (Phi) is 7.50. The first-order valence-corrected chi connectivity index (χ1v) is 23.6. The van der Waals surface area contributed by atoms with Gasteiger partial charge < -0.3 is 8.83 Å². The Morgan fingerprint density at radius 1 is 0.465 bits per heavy atom. The molecule has 0 saturated carbocycles. The Hall–Kier alpha value is -8.74. The van der Waals surface area contributed by atoms with Gasteiger partial charge in [0, 0.05) is 62.2 Å². The third-order valence-corrected chi connectivity index (χ3v) is 13.9. The molecule has 0 aliphatic heterocycles. The van der Waals surface area contributed by atoms with E-state index >= 15 is 0 Å².